The monoisotopic (exact) mass is 225 g/mol. The molecule has 16 heavy (non-hydrogen) atoms. The first-order valence-corrected chi connectivity index (χ1v) is 7.43. The molecule has 1 aliphatic carbocycles. The van der Waals surface area contributed by atoms with Gasteiger partial charge in [0.05, 0.1) is 0 Å². The van der Waals surface area contributed by atoms with Crippen molar-refractivity contribution in [2.24, 2.45) is 17.8 Å². The van der Waals surface area contributed by atoms with Crippen LogP contribution in [0.4, 0.5) is 0 Å². The highest BCUT2D eigenvalue weighted by Gasteiger charge is 2.20. The van der Waals surface area contributed by atoms with Crippen molar-refractivity contribution >= 4 is 0 Å². The molecule has 1 unspecified atom stereocenters. The van der Waals surface area contributed by atoms with Crippen LogP contribution in [0.2, 0.25) is 0 Å². The van der Waals surface area contributed by atoms with E-state index in [-0.39, 0.29) is 0 Å². The Balaban J connectivity index is 2.24. The fraction of sp³-hybridized carbons (Fsp3) is 1.00. The first kappa shape index (κ1) is 14.0. The Morgan fingerprint density at radius 2 is 1.88 bits per heavy atom. The summed E-state index contributed by atoms with van der Waals surface area (Å²) >= 11 is 0. The lowest BCUT2D eigenvalue weighted by Gasteiger charge is -2.22. The molecule has 1 fully saturated rings. The van der Waals surface area contributed by atoms with E-state index in [4.69, 9.17) is 0 Å². The van der Waals surface area contributed by atoms with Crippen molar-refractivity contribution in [2.45, 2.75) is 65.7 Å². The lowest BCUT2D eigenvalue weighted by molar-refractivity contribution is 0.311. The number of rotatable bonds is 8. The van der Waals surface area contributed by atoms with Gasteiger partial charge in [-0.1, -0.05) is 46.5 Å². The molecule has 0 heterocycles. The number of hydrogen-bond acceptors (Lipinski definition) is 1. The van der Waals surface area contributed by atoms with E-state index in [1.54, 1.807) is 0 Å². The SMILES string of the molecule is CCCNCC(CC(C)C)CC1CCCC1. The first-order chi connectivity index (χ1) is 7.72. The summed E-state index contributed by atoms with van der Waals surface area (Å²) in [6, 6.07) is 0. The minimum absolute atomic E-state index is 0.856. The van der Waals surface area contributed by atoms with Gasteiger partial charge in [0.1, 0.15) is 0 Å². The largest absolute Gasteiger partial charge is 0.316 e. The fourth-order valence-electron chi connectivity index (χ4n) is 3.13. The second-order valence-electron chi connectivity index (χ2n) is 6.09. The molecular weight excluding hydrogens is 194 g/mol. The van der Waals surface area contributed by atoms with E-state index in [2.05, 4.69) is 26.1 Å². The van der Waals surface area contributed by atoms with Crippen LogP contribution in [0.3, 0.4) is 0 Å². The van der Waals surface area contributed by atoms with E-state index >= 15 is 0 Å². The molecule has 0 aromatic carbocycles. The zero-order valence-electron chi connectivity index (χ0n) is 11.6. The number of hydrogen-bond donors (Lipinski definition) is 1. The van der Waals surface area contributed by atoms with Gasteiger partial charge in [-0.25, -0.2) is 0 Å². The molecular formula is C15H31N. The van der Waals surface area contributed by atoms with Crippen molar-refractivity contribution < 1.29 is 0 Å². The molecule has 1 atom stereocenters. The topological polar surface area (TPSA) is 12.0 Å². The lowest BCUT2D eigenvalue weighted by atomic mass is 9.87. The molecule has 0 spiro atoms. The normalized spacial score (nSPS) is 19.5. The summed E-state index contributed by atoms with van der Waals surface area (Å²) in [6.07, 6.45) is 10.1. The molecule has 1 nitrogen and oxygen atoms in total. The highest BCUT2D eigenvalue weighted by atomic mass is 14.8. The molecule has 0 aromatic rings. The third-order valence-electron chi connectivity index (χ3n) is 3.81. The smallest absolute Gasteiger partial charge is 0.00203 e. The van der Waals surface area contributed by atoms with Crippen LogP contribution in [0, 0.1) is 17.8 Å². The molecule has 96 valence electrons. The van der Waals surface area contributed by atoms with Crippen LogP contribution in [-0.4, -0.2) is 13.1 Å². The highest BCUT2D eigenvalue weighted by Crippen LogP contribution is 2.32. The van der Waals surface area contributed by atoms with Gasteiger partial charge in [0.15, 0.2) is 0 Å². The van der Waals surface area contributed by atoms with Gasteiger partial charge in [0.25, 0.3) is 0 Å². The number of nitrogens with one attached hydrogen (secondary N) is 1. The molecule has 0 bridgehead atoms. The maximum atomic E-state index is 3.61. The molecule has 1 heteroatoms. The standard InChI is InChI=1S/C15H31N/c1-4-9-16-12-15(10-13(2)3)11-14-7-5-6-8-14/h13-16H,4-12H2,1-3H3. The molecule has 1 saturated carbocycles. The Bertz CT molecular complexity index is 159. The summed E-state index contributed by atoms with van der Waals surface area (Å²) in [4.78, 5) is 0. The maximum Gasteiger partial charge on any atom is -0.00203 e. The molecule has 0 aliphatic heterocycles. The maximum absolute atomic E-state index is 3.61. The summed E-state index contributed by atoms with van der Waals surface area (Å²) in [6.45, 7) is 9.42. The third kappa shape index (κ3) is 5.89. The Hall–Kier alpha value is -0.0400. The van der Waals surface area contributed by atoms with Crippen LogP contribution in [0.5, 0.6) is 0 Å². The predicted molar refractivity (Wildman–Crippen MR) is 72.7 cm³/mol. The van der Waals surface area contributed by atoms with Crippen molar-refractivity contribution in [3.8, 4) is 0 Å². The molecule has 0 saturated heterocycles. The first-order valence-electron chi connectivity index (χ1n) is 7.43. The van der Waals surface area contributed by atoms with E-state index in [9.17, 15) is 0 Å². The summed E-state index contributed by atoms with van der Waals surface area (Å²) in [7, 11) is 0. The second-order valence-corrected chi connectivity index (χ2v) is 6.09. The zero-order chi connectivity index (χ0) is 11.8. The van der Waals surface area contributed by atoms with Crippen molar-refractivity contribution in [2.75, 3.05) is 13.1 Å². The van der Waals surface area contributed by atoms with Gasteiger partial charge in [-0.05, 0) is 50.1 Å². The average molecular weight is 225 g/mol. The van der Waals surface area contributed by atoms with E-state index < -0.39 is 0 Å². The molecule has 1 rings (SSSR count). The van der Waals surface area contributed by atoms with Gasteiger partial charge < -0.3 is 5.32 Å². The quantitative estimate of drug-likeness (QED) is 0.610. The Kier molecular flexibility index (Phi) is 7.11. The van der Waals surface area contributed by atoms with Crippen LogP contribution in [0.1, 0.15) is 65.7 Å². The Morgan fingerprint density at radius 1 is 1.19 bits per heavy atom. The molecule has 0 amide bonds. The van der Waals surface area contributed by atoms with E-state index in [0.717, 1.165) is 17.8 Å². The minimum Gasteiger partial charge on any atom is -0.316 e. The minimum atomic E-state index is 0.856. The summed E-state index contributed by atoms with van der Waals surface area (Å²) < 4.78 is 0. The van der Waals surface area contributed by atoms with Crippen LogP contribution in [0.25, 0.3) is 0 Å². The van der Waals surface area contributed by atoms with Crippen molar-refractivity contribution in [1.29, 1.82) is 0 Å². The zero-order valence-corrected chi connectivity index (χ0v) is 11.6. The summed E-state index contributed by atoms with van der Waals surface area (Å²) in [5.41, 5.74) is 0. The average Bonchev–Trinajstić information content (AvgIpc) is 2.69. The van der Waals surface area contributed by atoms with Crippen LogP contribution < -0.4 is 5.32 Å². The molecule has 0 aromatic heterocycles. The van der Waals surface area contributed by atoms with Gasteiger partial charge >= 0.3 is 0 Å². The third-order valence-corrected chi connectivity index (χ3v) is 3.81. The Morgan fingerprint density at radius 3 is 2.44 bits per heavy atom. The molecule has 0 radical (unpaired) electrons. The van der Waals surface area contributed by atoms with Crippen LogP contribution in [-0.2, 0) is 0 Å². The predicted octanol–water partition coefficient (Wildman–Crippen LogP) is 4.23. The summed E-state index contributed by atoms with van der Waals surface area (Å²) in [5, 5.41) is 3.61. The van der Waals surface area contributed by atoms with E-state index in [0.29, 0.717) is 0 Å². The van der Waals surface area contributed by atoms with E-state index in [1.165, 1.54) is 58.0 Å². The second kappa shape index (κ2) is 8.11. The van der Waals surface area contributed by atoms with Gasteiger partial charge in [-0.15, -0.1) is 0 Å². The molecule has 1 aliphatic rings. The van der Waals surface area contributed by atoms with Crippen molar-refractivity contribution in [3.05, 3.63) is 0 Å². The van der Waals surface area contributed by atoms with Crippen LogP contribution in [0.15, 0.2) is 0 Å². The van der Waals surface area contributed by atoms with Crippen molar-refractivity contribution in [1.82, 2.24) is 5.32 Å². The summed E-state index contributed by atoms with van der Waals surface area (Å²) in [5.74, 6) is 2.83. The van der Waals surface area contributed by atoms with Crippen molar-refractivity contribution in [3.63, 3.8) is 0 Å². The van der Waals surface area contributed by atoms with Crippen LogP contribution >= 0.6 is 0 Å². The Labute approximate surface area is 102 Å². The van der Waals surface area contributed by atoms with Gasteiger partial charge in [-0.2, -0.15) is 0 Å². The highest BCUT2D eigenvalue weighted by molar-refractivity contribution is 4.74. The van der Waals surface area contributed by atoms with E-state index in [1.807, 2.05) is 0 Å². The van der Waals surface area contributed by atoms with Gasteiger partial charge in [0, 0.05) is 0 Å². The van der Waals surface area contributed by atoms with Gasteiger partial charge in [-0.3, -0.25) is 0 Å². The van der Waals surface area contributed by atoms with Gasteiger partial charge in [0.2, 0.25) is 0 Å². The molecule has 1 N–H and O–H groups in total. The fourth-order valence-corrected chi connectivity index (χ4v) is 3.13. The lowest BCUT2D eigenvalue weighted by Crippen LogP contribution is -2.26.